The number of aromatic nitrogens is 2. The van der Waals surface area contributed by atoms with Crippen LogP contribution in [-0.4, -0.2) is 21.6 Å². The molecule has 0 unspecified atom stereocenters. The van der Waals surface area contributed by atoms with Crippen molar-refractivity contribution in [2.75, 3.05) is 11.1 Å². The van der Waals surface area contributed by atoms with Crippen LogP contribution in [0.4, 0.5) is 5.69 Å². The summed E-state index contributed by atoms with van der Waals surface area (Å²) >= 11 is 9.51. The van der Waals surface area contributed by atoms with E-state index in [1.165, 1.54) is 28.6 Å². The molecule has 3 aromatic rings. The summed E-state index contributed by atoms with van der Waals surface area (Å²) in [6.07, 6.45) is 5.00. The lowest BCUT2D eigenvalue weighted by Gasteiger charge is -2.11. The zero-order valence-corrected chi connectivity index (χ0v) is 16.9. The third-order valence-corrected chi connectivity index (χ3v) is 6.99. The fourth-order valence-electron chi connectivity index (χ4n) is 3.39. The zero-order chi connectivity index (χ0) is 18.3. The maximum Gasteiger partial charge on any atom is 0.234 e. The molecule has 1 aromatic carbocycles. The van der Waals surface area contributed by atoms with E-state index in [2.05, 4.69) is 15.3 Å². The van der Waals surface area contributed by atoms with E-state index < -0.39 is 0 Å². The standard InChI is InChI=1S/C19H18ClN3OS2/c1-10-6-11(2)17(13(20)7-10)23-15(24)8-25-18-16-12-4-3-5-14(12)26-19(16)22-9-21-18/h6-7,9H,3-5,8H2,1-2H3,(H,23,24). The number of nitrogens with one attached hydrogen (secondary N) is 1. The van der Waals surface area contributed by atoms with Gasteiger partial charge in [-0.15, -0.1) is 11.3 Å². The van der Waals surface area contributed by atoms with Gasteiger partial charge in [0.1, 0.15) is 16.2 Å². The molecule has 1 aliphatic rings. The summed E-state index contributed by atoms with van der Waals surface area (Å²) < 4.78 is 0. The molecule has 0 saturated carbocycles. The topological polar surface area (TPSA) is 54.9 Å². The van der Waals surface area contributed by atoms with Crippen molar-refractivity contribution in [3.8, 4) is 0 Å². The number of thioether (sulfide) groups is 1. The van der Waals surface area contributed by atoms with E-state index in [9.17, 15) is 4.79 Å². The predicted molar refractivity (Wildman–Crippen MR) is 110 cm³/mol. The van der Waals surface area contributed by atoms with Gasteiger partial charge in [-0.3, -0.25) is 4.79 Å². The summed E-state index contributed by atoms with van der Waals surface area (Å²) in [5.41, 5.74) is 4.11. The Bertz CT molecular complexity index is 992. The third-order valence-electron chi connectivity index (χ3n) is 4.50. The Labute approximate surface area is 165 Å². The quantitative estimate of drug-likeness (QED) is 0.481. The molecular formula is C19H18ClN3OS2. The van der Waals surface area contributed by atoms with E-state index in [4.69, 9.17) is 11.6 Å². The molecule has 1 aliphatic carbocycles. The van der Waals surface area contributed by atoms with Crippen LogP contribution in [0.1, 0.15) is 28.0 Å². The molecule has 0 aliphatic heterocycles. The van der Waals surface area contributed by atoms with Gasteiger partial charge in [0.25, 0.3) is 0 Å². The minimum absolute atomic E-state index is 0.0810. The Morgan fingerprint density at radius 1 is 1.31 bits per heavy atom. The van der Waals surface area contributed by atoms with Crippen LogP contribution < -0.4 is 5.32 Å². The summed E-state index contributed by atoms with van der Waals surface area (Å²) in [7, 11) is 0. The molecule has 2 aromatic heterocycles. The number of nitrogens with zero attached hydrogens (tertiary/aromatic N) is 2. The lowest BCUT2D eigenvalue weighted by molar-refractivity contribution is -0.113. The molecule has 0 fully saturated rings. The monoisotopic (exact) mass is 403 g/mol. The smallest absolute Gasteiger partial charge is 0.234 e. The Kier molecular flexibility index (Phi) is 4.90. The number of fused-ring (bicyclic) bond motifs is 3. The number of hydrogen-bond donors (Lipinski definition) is 1. The number of thiophene rings is 1. The summed E-state index contributed by atoms with van der Waals surface area (Å²) in [5, 5.41) is 5.55. The number of hydrogen-bond acceptors (Lipinski definition) is 5. The molecule has 0 spiro atoms. The molecule has 7 heteroatoms. The van der Waals surface area contributed by atoms with Crippen LogP contribution in [0.2, 0.25) is 5.02 Å². The van der Waals surface area contributed by atoms with Gasteiger partial charge in [-0.2, -0.15) is 0 Å². The van der Waals surface area contributed by atoms with Crippen LogP contribution in [0.5, 0.6) is 0 Å². The number of rotatable bonds is 4. The molecule has 0 saturated heterocycles. The fraction of sp³-hybridized carbons (Fsp3) is 0.316. The highest BCUT2D eigenvalue weighted by Gasteiger charge is 2.21. The number of halogens is 1. The highest BCUT2D eigenvalue weighted by molar-refractivity contribution is 8.00. The number of anilines is 1. The van der Waals surface area contributed by atoms with Gasteiger partial charge in [0.15, 0.2) is 0 Å². The van der Waals surface area contributed by atoms with Crippen molar-refractivity contribution in [2.24, 2.45) is 0 Å². The number of benzene rings is 1. The average molecular weight is 404 g/mol. The fourth-order valence-corrected chi connectivity index (χ4v) is 5.88. The second-order valence-electron chi connectivity index (χ2n) is 6.49. The van der Waals surface area contributed by atoms with Crippen LogP contribution >= 0.6 is 34.7 Å². The van der Waals surface area contributed by atoms with Gasteiger partial charge in [-0.1, -0.05) is 29.4 Å². The molecule has 1 N–H and O–H groups in total. The molecule has 26 heavy (non-hydrogen) atoms. The van der Waals surface area contributed by atoms with Crippen LogP contribution in [0, 0.1) is 13.8 Å². The van der Waals surface area contributed by atoms with Crippen LogP contribution in [0.25, 0.3) is 10.2 Å². The van der Waals surface area contributed by atoms with Gasteiger partial charge in [0.05, 0.1) is 16.5 Å². The van der Waals surface area contributed by atoms with Crippen molar-refractivity contribution >= 4 is 56.5 Å². The third kappa shape index (κ3) is 3.33. The molecule has 0 atom stereocenters. The van der Waals surface area contributed by atoms with E-state index in [0.717, 1.165) is 39.2 Å². The molecule has 4 nitrogen and oxygen atoms in total. The van der Waals surface area contributed by atoms with Crippen molar-refractivity contribution in [3.05, 3.63) is 45.1 Å². The van der Waals surface area contributed by atoms with Gasteiger partial charge in [-0.05, 0) is 55.9 Å². The van der Waals surface area contributed by atoms with E-state index in [1.54, 1.807) is 17.7 Å². The van der Waals surface area contributed by atoms with Gasteiger partial charge < -0.3 is 5.32 Å². The molecule has 0 radical (unpaired) electrons. The van der Waals surface area contributed by atoms with E-state index in [0.29, 0.717) is 16.5 Å². The maximum atomic E-state index is 12.5. The molecule has 1 amide bonds. The van der Waals surface area contributed by atoms with Crippen molar-refractivity contribution in [1.29, 1.82) is 0 Å². The largest absolute Gasteiger partial charge is 0.324 e. The van der Waals surface area contributed by atoms with E-state index >= 15 is 0 Å². The van der Waals surface area contributed by atoms with Crippen molar-refractivity contribution in [1.82, 2.24) is 9.97 Å². The van der Waals surface area contributed by atoms with Gasteiger partial charge in [0.2, 0.25) is 5.91 Å². The summed E-state index contributed by atoms with van der Waals surface area (Å²) in [6, 6.07) is 3.87. The van der Waals surface area contributed by atoms with Crippen molar-refractivity contribution < 1.29 is 4.79 Å². The van der Waals surface area contributed by atoms with Crippen LogP contribution in [0.15, 0.2) is 23.5 Å². The van der Waals surface area contributed by atoms with Gasteiger partial charge in [0, 0.05) is 10.3 Å². The first-order valence-electron chi connectivity index (χ1n) is 8.47. The van der Waals surface area contributed by atoms with E-state index in [1.807, 2.05) is 26.0 Å². The zero-order valence-electron chi connectivity index (χ0n) is 14.6. The van der Waals surface area contributed by atoms with E-state index in [-0.39, 0.29) is 5.91 Å². The Morgan fingerprint density at radius 2 is 2.15 bits per heavy atom. The summed E-state index contributed by atoms with van der Waals surface area (Å²) in [6.45, 7) is 3.93. The molecule has 4 rings (SSSR count). The van der Waals surface area contributed by atoms with Gasteiger partial charge >= 0.3 is 0 Å². The molecule has 0 bridgehead atoms. The molecule has 134 valence electrons. The highest BCUT2D eigenvalue weighted by Crippen LogP contribution is 2.40. The molecular weight excluding hydrogens is 386 g/mol. The average Bonchev–Trinajstić information content (AvgIpc) is 3.17. The summed E-state index contributed by atoms with van der Waals surface area (Å²) in [5.74, 6) is 0.211. The van der Waals surface area contributed by atoms with Crippen molar-refractivity contribution in [2.45, 2.75) is 38.1 Å². The first-order chi connectivity index (χ1) is 12.5. The predicted octanol–water partition coefficient (Wildman–Crippen LogP) is 5.18. The molecule has 2 heterocycles. The first-order valence-corrected chi connectivity index (χ1v) is 10.7. The summed E-state index contributed by atoms with van der Waals surface area (Å²) in [4.78, 5) is 23.8. The lowest BCUT2D eigenvalue weighted by Crippen LogP contribution is -2.15. The second kappa shape index (κ2) is 7.18. The van der Waals surface area contributed by atoms with Crippen LogP contribution in [-0.2, 0) is 17.6 Å². The second-order valence-corrected chi connectivity index (χ2v) is 8.95. The lowest BCUT2D eigenvalue weighted by atomic mass is 10.1. The number of aryl methyl sites for hydroxylation is 4. The first kappa shape index (κ1) is 17.8. The van der Waals surface area contributed by atoms with Gasteiger partial charge in [-0.25, -0.2) is 9.97 Å². The Morgan fingerprint density at radius 3 is 2.96 bits per heavy atom. The minimum atomic E-state index is -0.0810. The highest BCUT2D eigenvalue weighted by atomic mass is 35.5. The Hall–Kier alpha value is -1.63. The number of carbonyl (C=O) groups excluding carboxylic acids is 1. The SMILES string of the molecule is Cc1cc(C)c(NC(=O)CSc2ncnc3sc4c(c23)CCC4)c(Cl)c1. The Balaban J connectivity index is 1.51. The normalized spacial score (nSPS) is 13.2. The number of amides is 1. The van der Waals surface area contributed by atoms with Crippen molar-refractivity contribution in [3.63, 3.8) is 0 Å². The maximum absolute atomic E-state index is 12.5. The minimum Gasteiger partial charge on any atom is -0.324 e. The van der Waals surface area contributed by atoms with Crippen LogP contribution in [0.3, 0.4) is 0 Å². The number of carbonyl (C=O) groups is 1.